The van der Waals surface area contributed by atoms with Gasteiger partial charge in [0.25, 0.3) is 0 Å². The minimum atomic E-state index is -1.74. The van der Waals surface area contributed by atoms with Gasteiger partial charge in [0.2, 0.25) is 5.79 Å². The highest BCUT2D eigenvalue weighted by atomic mass is 17.3. The molecule has 0 amide bonds. The Morgan fingerprint density at radius 2 is 1.77 bits per heavy atom. The fourth-order valence-corrected chi connectivity index (χ4v) is 0.329. The Labute approximate surface area is 74.1 Å². The number of carbonyl (C=O) groups is 2. The van der Waals surface area contributed by atoms with Gasteiger partial charge in [-0.15, -0.1) is 0 Å². The van der Waals surface area contributed by atoms with Crippen LogP contribution in [-0.2, 0) is 19.2 Å². The molecule has 76 valence electrons. The van der Waals surface area contributed by atoms with E-state index in [1.807, 2.05) is 0 Å². The summed E-state index contributed by atoms with van der Waals surface area (Å²) >= 11 is 0. The summed E-state index contributed by atoms with van der Waals surface area (Å²) in [5, 5.41) is 7.93. The summed E-state index contributed by atoms with van der Waals surface area (Å²) in [7, 11) is 1.31. The third-order valence-corrected chi connectivity index (χ3v) is 1.00. The topological polar surface area (TPSA) is 91.3 Å². The van der Waals surface area contributed by atoms with E-state index in [4.69, 9.17) is 5.11 Å². The van der Waals surface area contributed by atoms with Crippen molar-refractivity contribution in [2.45, 2.75) is 19.6 Å². The largest absolute Gasteiger partial charge is 0.552 e. The summed E-state index contributed by atoms with van der Waals surface area (Å²) in [6.45, 7) is 2.88. The number of hydrogen-bond donors (Lipinski definition) is 1. The van der Waals surface area contributed by atoms with Crippen LogP contribution in [0.5, 0.6) is 0 Å². The zero-order valence-electron chi connectivity index (χ0n) is 7.40. The first-order valence-electron chi connectivity index (χ1n) is 3.23. The maximum Gasteiger partial charge on any atom is 0.552 e. The van der Waals surface area contributed by atoms with Gasteiger partial charge in [0.1, 0.15) is 0 Å². The van der Waals surface area contributed by atoms with Gasteiger partial charge >= 0.3 is 12.3 Å². The third kappa shape index (κ3) is 5.74. The molecule has 0 aromatic carbocycles. The summed E-state index contributed by atoms with van der Waals surface area (Å²) in [5.74, 6) is -1.20. The van der Waals surface area contributed by atoms with Gasteiger partial charge in [-0.2, -0.15) is 9.68 Å². The minimum Gasteiger partial charge on any atom is -0.447 e. The molecule has 0 bridgehead atoms. The van der Waals surface area contributed by atoms with E-state index in [0.717, 1.165) is 0 Å². The number of rotatable bonds is 2. The first kappa shape index (κ1) is 11.5. The van der Waals surface area contributed by atoms with Crippen molar-refractivity contribution in [3.05, 3.63) is 0 Å². The quantitative estimate of drug-likeness (QED) is 0.305. The average Bonchev–Trinajstić information content (AvgIpc) is 2.00. The third-order valence-electron chi connectivity index (χ3n) is 1.00. The van der Waals surface area contributed by atoms with Crippen molar-refractivity contribution in [2.75, 3.05) is 7.11 Å². The molecule has 13 heavy (non-hydrogen) atoms. The SMILES string of the molecule is COC(C)(C)OC(=O)OOC(=O)O. The van der Waals surface area contributed by atoms with Gasteiger partial charge in [-0.3, -0.25) is 0 Å². The Hall–Kier alpha value is -1.50. The lowest BCUT2D eigenvalue weighted by molar-refractivity contribution is -0.248. The van der Waals surface area contributed by atoms with Gasteiger partial charge in [-0.25, -0.2) is 9.68 Å². The van der Waals surface area contributed by atoms with Gasteiger partial charge in [-0.1, -0.05) is 0 Å². The van der Waals surface area contributed by atoms with E-state index in [2.05, 4.69) is 19.2 Å². The molecule has 7 nitrogen and oxygen atoms in total. The molecule has 7 heteroatoms. The summed E-state index contributed by atoms with van der Waals surface area (Å²) in [6, 6.07) is 0. The van der Waals surface area contributed by atoms with Crippen LogP contribution in [0.3, 0.4) is 0 Å². The number of carbonyl (C=O) groups excluding carboxylic acids is 1. The van der Waals surface area contributed by atoms with Crippen LogP contribution in [0.15, 0.2) is 0 Å². The number of methoxy groups -OCH3 is 1. The van der Waals surface area contributed by atoms with Gasteiger partial charge in [0, 0.05) is 21.0 Å². The molecule has 0 fully saturated rings. The van der Waals surface area contributed by atoms with E-state index in [0.29, 0.717) is 0 Å². The van der Waals surface area contributed by atoms with Gasteiger partial charge in [-0.05, 0) is 0 Å². The molecule has 0 aromatic heterocycles. The first-order chi connectivity index (χ1) is 5.87. The summed E-state index contributed by atoms with van der Waals surface area (Å²) in [5.41, 5.74) is 0. The fraction of sp³-hybridized carbons (Fsp3) is 0.667. The summed E-state index contributed by atoms with van der Waals surface area (Å²) < 4.78 is 9.15. The van der Waals surface area contributed by atoms with Gasteiger partial charge in [0.05, 0.1) is 0 Å². The Kier molecular flexibility index (Phi) is 3.99. The van der Waals surface area contributed by atoms with Crippen LogP contribution in [0.25, 0.3) is 0 Å². The highest BCUT2D eigenvalue weighted by Crippen LogP contribution is 2.10. The van der Waals surface area contributed by atoms with Crippen LogP contribution in [0, 0.1) is 0 Å². The first-order valence-corrected chi connectivity index (χ1v) is 3.23. The molecule has 0 aliphatic heterocycles. The molecular formula is C6H10O7. The van der Waals surface area contributed by atoms with Crippen LogP contribution in [0.4, 0.5) is 9.59 Å². The van der Waals surface area contributed by atoms with E-state index in [-0.39, 0.29) is 0 Å². The van der Waals surface area contributed by atoms with E-state index in [9.17, 15) is 9.59 Å². The fourth-order valence-electron chi connectivity index (χ4n) is 0.329. The standard InChI is InChI=1S/C6H10O7/c1-6(2,10-3)11-5(9)13-12-4(7)8/h1-3H3,(H,7,8). The molecule has 0 saturated heterocycles. The molecule has 1 N–H and O–H groups in total. The lowest BCUT2D eigenvalue weighted by atomic mass is 10.4. The van der Waals surface area contributed by atoms with Crippen LogP contribution >= 0.6 is 0 Å². The van der Waals surface area contributed by atoms with E-state index >= 15 is 0 Å². The molecule has 0 atom stereocenters. The monoisotopic (exact) mass is 194 g/mol. The van der Waals surface area contributed by atoms with E-state index in [1.54, 1.807) is 0 Å². The molecule has 0 radical (unpaired) electrons. The normalized spacial score (nSPS) is 10.4. The molecule has 0 aromatic rings. The molecule has 0 heterocycles. The predicted octanol–water partition coefficient (Wildman–Crippen LogP) is 1.13. The van der Waals surface area contributed by atoms with Crippen molar-refractivity contribution in [1.29, 1.82) is 0 Å². The van der Waals surface area contributed by atoms with E-state index < -0.39 is 18.1 Å². The summed E-state index contributed by atoms with van der Waals surface area (Å²) in [4.78, 5) is 27.5. The number of carboxylic acid groups (broad SMARTS) is 1. The summed E-state index contributed by atoms with van der Waals surface area (Å²) in [6.07, 6.45) is -3.04. The molecule has 0 spiro atoms. The van der Waals surface area contributed by atoms with Crippen molar-refractivity contribution in [3.63, 3.8) is 0 Å². The zero-order valence-corrected chi connectivity index (χ0v) is 7.40. The van der Waals surface area contributed by atoms with Crippen molar-refractivity contribution in [2.24, 2.45) is 0 Å². The Balaban J connectivity index is 3.81. The molecule has 0 aliphatic rings. The molecular weight excluding hydrogens is 184 g/mol. The maximum absolute atomic E-state index is 10.6. The smallest absolute Gasteiger partial charge is 0.447 e. The Morgan fingerprint density at radius 1 is 1.23 bits per heavy atom. The Morgan fingerprint density at radius 3 is 2.15 bits per heavy atom. The van der Waals surface area contributed by atoms with Crippen LogP contribution < -0.4 is 0 Å². The highest BCUT2D eigenvalue weighted by Gasteiger charge is 2.24. The molecule has 0 rings (SSSR count). The second-order valence-electron chi connectivity index (χ2n) is 2.39. The maximum atomic E-state index is 10.6. The molecule has 0 aliphatic carbocycles. The lowest BCUT2D eigenvalue weighted by Crippen LogP contribution is -2.30. The van der Waals surface area contributed by atoms with Crippen LogP contribution in [0.1, 0.15) is 13.8 Å². The molecule has 0 saturated carbocycles. The molecule has 0 unspecified atom stereocenters. The van der Waals surface area contributed by atoms with Gasteiger partial charge < -0.3 is 14.6 Å². The average molecular weight is 194 g/mol. The Bertz CT molecular complexity index is 197. The minimum absolute atomic E-state index is 1.20. The number of hydrogen-bond acceptors (Lipinski definition) is 6. The van der Waals surface area contributed by atoms with E-state index in [1.165, 1.54) is 21.0 Å². The van der Waals surface area contributed by atoms with Crippen molar-refractivity contribution >= 4 is 12.3 Å². The van der Waals surface area contributed by atoms with Crippen LogP contribution in [0.2, 0.25) is 0 Å². The zero-order chi connectivity index (χ0) is 10.5. The van der Waals surface area contributed by atoms with Crippen molar-refractivity contribution in [1.82, 2.24) is 0 Å². The van der Waals surface area contributed by atoms with Gasteiger partial charge in [0.15, 0.2) is 0 Å². The number of ether oxygens (including phenoxy) is 2. The predicted molar refractivity (Wildman–Crippen MR) is 37.8 cm³/mol. The van der Waals surface area contributed by atoms with Crippen molar-refractivity contribution < 1.29 is 33.9 Å². The second kappa shape index (κ2) is 4.51. The second-order valence-corrected chi connectivity index (χ2v) is 2.39. The lowest BCUT2D eigenvalue weighted by Gasteiger charge is -2.21. The van der Waals surface area contributed by atoms with Crippen molar-refractivity contribution in [3.8, 4) is 0 Å². The van der Waals surface area contributed by atoms with Crippen LogP contribution in [-0.4, -0.2) is 30.3 Å². The highest BCUT2D eigenvalue weighted by molar-refractivity contribution is 5.62.